The van der Waals surface area contributed by atoms with Gasteiger partial charge in [-0.15, -0.1) is 11.3 Å². The molecule has 0 unspecified atom stereocenters. The predicted molar refractivity (Wildman–Crippen MR) is 114 cm³/mol. The van der Waals surface area contributed by atoms with E-state index in [4.69, 9.17) is 9.72 Å². The number of rotatable bonds is 4. The number of anilines is 2. The molecule has 0 bridgehead atoms. The Hall–Kier alpha value is -2.70. The first-order valence-corrected chi connectivity index (χ1v) is 10.3. The maximum Gasteiger partial charge on any atom is 0.255 e. The number of nitrogens with zero attached hydrogens (tertiary/aromatic N) is 2. The molecule has 0 atom stereocenters. The van der Waals surface area contributed by atoms with E-state index in [1.807, 2.05) is 56.3 Å². The summed E-state index contributed by atoms with van der Waals surface area (Å²) in [7, 11) is 0. The van der Waals surface area contributed by atoms with Gasteiger partial charge in [0.1, 0.15) is 0 Å². The third kappa shape index (κ3) is 4.08. The fourth-order valence-corrected chi connectivity index (χ4v) is 4.18. The molecule has 4 rings (SSSR count). The fourth-order valence-electron chi connectivity index (χ4n) is 3.29. The summed E-state index contributed by atoms with van der Waals surface area (Å²) in [5.41, 5.74) is 5.60. The summed E-state index contributed by atoms with van der Waals surface area (Å²) in [5, 5.41) is 6.09. The molecule has 1 amide bonds. The maximum atomic E-state index is 12.5. The third-order valence-corrected chi connectivity index (χ3v) is 5.74. The van der Waals surface area contributed by atoms with Crippen LogP contribution in [0.3, 0.4) is 0 Å². The van der Waals surface area contributed by atoms with Crippen molar-refractivity contribution in [3.63, 3.8) is 0 Å². The summed E-state index contributed by atoms with van der Waals surface area (Å²) in [6, 6.07) is 13.7. The Morgan fingerprint density at radius 3 is 2.57 bits per heavy atom. The minimum Gasteiger partial charge on any atom is -0.378 e. The van der Waals surface area contributed by atoms with Crippen LogP contribution in [0.2, 0.25) is 0 Å². The number of benzene rings is 2. The standard InChI is InChI=1S/C22H23N3O2S/c1-15-3-8-19(16(2)13-15)21(26)23-18-6-4-17(5-7-18)20-14-28-22(24-20)25-9-11-27-12-10-25/h3-8,13-14H,9-12H2,1-2H3,(H,23,26). The number of hydrogen-bond acceptors (Lipinski definition) is 5. The van der Waals surface area contributed by atoms with Crippen LogP contribution in [0.5, 0.6) is 0 Å². The molecule has 1 aliphatic rings. The predicted octanol–water partition coefficient (Wildman–Crippen LogP) is 4.52. The summed E-state index contributed by atoms with van der Waals surface area (Å²) >= 11 is 1.66. The van der Waals surface area contributed by atoms with E-state index < -0.39 is 0 Å². The first-order valence-electron chi connectivity index (χ1n) is 9.37. The number of morpholine rings is 1. The van der Waals surface area contributed by atoms with Gasteiger partial charge in [-0.1, -0.05) is 29.8 Å². The van der Waals surface area contributed by atoms with Crippen LogP contribution in [0.25, 0.3) is 11.3 Å². The molecular weight excluding hydrogens is 370 g/mol. The molecule has 2 heterocycles. The minimum absolute atomic E-state index is 0.0893. The summed E-state index contributed by atoms with van der Waals surface area (Å²) in [6.07, 6.45) is 0. The highest BCUT2D eigenvalue weighted by molar-refractivity contribution is 7.14. The van der Waals surface area contributed by atoms with Crippen molar-refractivity contribution in [2.45, 2.75) is 13.8 Å². The minimum atomic E-state index is -0.0893. The van der Waals surface area contributed by atoms with E-state index in [-0.39, 0.29) is 5.91 Å². The van der Waals surface area contributed by atoms with Gasteiger partial charge in [0.2, 0.25) is 0 Å². The van der Waals surface area contributed by atoms with Gasteiger partial charge >= 0.3 is 0 Å². The summed E-state index contributed by atoms with van der Waals surface area (Å²) in [4.78, 5) is 19.6. The van der Waals surface area contributed by atoms with Crippen molar-refractivity contribution < 1.29 is 9.53 Å². The van der Waals surface area contributed by atoms with E-state index in [2.05, 4.69) is 15.6 Å². The Morgan fingerprint density at radius 1 is 1.11 bits per heavy atom. The topological polar surface area (TPSA) is 54.5 Å². The Balaban J connectivity index is 1.45. The van der Waals surface area contributed by atoms with Gasteiger partial charge in [-0.25, -0.2) is 4.98 Å². The smallest absolute Gasteiger partial charge is 0.255 e. The highest BCUT2D eigenvalue weighted by atomic mass is 32.1. The number of hydrogen-bond donors (Lipinski definition) is 1. The van der Waals surface area contributed by atoms with Crippen molar-refractivity contribution in [2.24, 2.45) is 0 Å². The molecule has 1 aromatic heterocycles. The quantitative estimate of drug-likeness (QED) is 0.708. The highest BCUT2D eigenvalue weighted by Crippen LogP contribution is 2.28. The van der Waals surface area contributed by atoms with Gasteiger partial charge < -0.3 is 15.0 Å². The van der Waals surface area contributed by atoms with Gasteiger partial charge in [-0.05, 0) is 37.6 Å². The third-order valence-electron chi connectivity index (χ3n) is 4.84. The van der Waals surface area contributed by atoms with Crippen LogP contribution in [0, 0.1) is 13.8 Å². The first kappa shape index (κ1) is 18.7. The maximum absolute atomic E-state index is 12.5. The van der Waals surface area contributed by atoms with Crippen LogP contribution in [0.4, 0.5) is 10.8 Å². The van der Waals surface area contributed by atoms with Crippen molar-refractivity contribution in [2.75, 3.05) is 36.5 Å². The zero-order valence-electron chi connectivity index (χ0n) is 16.1. The number of amides is 1. The fraction of sp³-hybridized carbons (Fsp3) is 0.273. The lowest BCUT2D eigenvalue weighted by molar-refractivity contribution is 0.102. The van der Waals surface area contributed by atoms with Crippen molar-refractivity contribution in [1.29, 1.82) is 0 Å². The summed E-state index contributed by atoms with van der Waals surface area (Å²) in [5.74, 6) is -0.0893. The van der Waals surface area contributed by atoms with Crippen molar-refractivity contribution >= 4 is 28.1 Å². The van der Waals surface area contributed by atoms with Crippen LogP contribution in [0.15, 0.2) is 47.8 Å². The van der Waals surface area contributed by atoms with E-state index in [9.17, 15) is 4.79 Å². The van der Waals surface area contributed by atoms with E-state index in [0.29, 0.717) is 5.56 Å². The Morgan fingerprint density at radius 2 is 1.86 bits per heavy atom. The lowest BCUT2D eigenvalue weighted by Gasteiger charge is -2.26. The van der Waals surface area contributed by atoms with Gasteiger partial charge in [-0.3, -0.25) is 4.79 Å². The van der Waals surface area contributed by atoms with Crippen LogP contribution >= 0.6 is 11.3 Å². The van der Waals surface area contributed by atoms with Gasteiger partial charge in [0.05, 0.1) is 18.9 Å². The second-order valence-corrected chi connectivity index (χ2v) is 7.80. The Bertz CT molecular complexity index is 976. The average molecular weight is 394 g/mol. The largest absolute Gasteiger partial charge is 0.378 e. The van der Waals surface area contributed by atoms with Crippen molar-refractivity contribution in [3.05, 3.63) is 64.5 Å². The van der Waals surface area contributed by atoms with Gasteiger partial charge in [-0.2, -0.15) is 0 Å². The van der Waals surface area contributed by atoms with Gasteiger partial charge in [0.15, 0.2) is 5.13 Å². The van der Waals surface area contributed by atoms with Crippen LogP contribution < -0.4 is 10.2 Å². The average Bonchev–Trinajstić information content (AvgIpc) is 3.19. The molecule has 3 aromatic rings. The molecular formula is C22H23N3O2S. The summed E-state index contributed by atoms with van der Waals surface area (Å²) in [6.45, 7) is 7.26. The molecule has 0 radical (unpaired) electrons. The van der Waals surface area contributed by atoms with E-state index >= 15 is 0 Å². The van der Waals surface area contributed by atoms with E-state index in [0.717, 1.165) is 59.5 Å². The molecule has 144 valence electrons. The Kier molecular flexibility index (Phi) is 5.41. The monoisotopic (exact) mass is 393 g/mol. The molecule has 1 aliphatic heterocycles. The second-order valence-electron chi connectivity index (χ2n) is 6.96. The number of nitrogens with one attached hydrogen (secondary N) is 1. The number of ether oxygens (including phenoxy) is 1. The molecule has 0 spiro atoms. The van der Waals surface area contributed by atoms with E-state index in [1.165, 1.54) is 0 Å². The normalized spacial score (nSPS) is 14.1. The van der Waals surface area contributed by atoms with Crippen molar-refractivity contribution in [3.8, 4) is 11.3 Å². The van der Waals surface area contributed by atoms with Gasteiger partial charge in [0.25, 0.3) is 5.91 Å². The SMILES string of the molecule is Cc1ccc(C(=O)Nc2ccc(-c3csc(N4CCOCC4)n3)cc2)c(C)c1. The molecule has 6 heteroatoms. The number of carbonyl (C=O) groups excluding carboxylic acids is 1. The lowest BCUT2D eigenvalue weighted by Crippen LogP contribution is -2.36. The molecule has 1 saturated heterocycles. The molecule has 0 aliphatic carbocycles. The molecule has 5 nitrogen and oxygen atoms in total. The number of aryl methyl sites for hydroxylation is 2. The summed E-state index contributed by atoms with van der Waals surface area (Å²) < 4.78 is 5.40. The molecule has 1 fully saturated rings. The first-order chi connectivity index (χ1) is 13.6. The van der Waals surface area contributed by atoms with Crippen LogP contribution in [0.1, 0.15) is 21.5 Å². The van der Waals surface area contributed by atoms with Crippen LogP contribution in [-0.2, 0) is 4.74 Å². The molecule has 0 saturated carbocycles. The zero-order valence-corrected chi connectivity index (χ0v) is 16.9. The lowest BCUT2D eigenvalue weighted by atomic mass is 10.1. The Labute approximate surface area is 169 Å². The molecule has 2 aromatic carbocycles. The number of aromatic nitrogens is 1. The molecule has 1 N–H and O–H groups in total. The van der Waals surface area contributed by atoms with Crippen molar-refractivity contribution in [1.82, 2.24) is 4.98 Å². The molecule has 28 heavy (non-hydrogen) atoms. The second kappa shape index (κ2) is 8.12. The highest BCUT2D eigenvalue weighted by Gasteiger charge is 2.15. The van der Waals surface area contributed by atoms with Gasteiger partial charge in [0, 0.05) is 35.3 Å². The van der Waals surface area contributed by atoms with E-state index in [1.54, 1.807) is 11.3 Å². The number of thiazole rings is 1. The van der Waals surface area contributed by atoms with Crippen LogP contribution in [-0.4, -0.2) is 37.2 Å². The zero-order chi connectivity index (χ0) is 19.5. The number of carbonyl (C=O) groups is 1.